The highest BCUT2D eigenvalue weighted by atomic mass is 16.5. The average Bonchev–Trinajstić information content (AvgIpc) is 2.63. The molecule has 0 amide bonds. The lowest BCUT2D eigenvalue weighted by Gasteiger charge is -2.31. The normalized spacial score (nSPS) is 32.9. The molecule has 0 bridgehead atoms. The summed E-state index contributed by atoms with van der Waals surface area (Å²) >= 11 is 0. The molecule has 1 aliphatic carbocycles. The minimum Gasteiger partial charge on any atom is -0.481 e. The predicted molar refractivity (Wildman–Crippen MR) is 58.7 cm³/mol. The van der Waals surface area contributed by atoms with Gasteiger partial charge in [-0.3, -0.25) is 4.79 Å². The van der Waals surface area contributed by atoms with Crippen molar-refractivity contribution in [2.45, 2.75) is 39.5 Å². The van der Waals surface area contributed by atoms with Gasteiger partial charge in [0.1, 0.15) is 0 Å². The van der Waals surface area contributed by atoms with Crippen LogP contribution in [0.5, 0.6) is 0 Å². The molecule has 1 saturated carbocycles. The molecule has 88 valence electrons. The first-order valence-electron chi connectivity index (χ1n) is 5.79. The van der Waals surface area contributed by atoms with Crippen molar-refractivity contribution in [3.63, 3.8) is 0 Å². The van der Waals surface area contributed by atoms with E-state index in [9.17, 15) is 9.90 Å². The standard InChI is InChI=1S/C12H22O3/c1-4-10-5-6-12(7-10,11(13)14)9(2)8-15-3/h9-10H,4-8H2,1-3H3,(H,13,14). The smallest absolute Gasteiger partial charge is 0.310 e. The van der Waals surface area contributed by atoms with E-state index in [0.29, 0.717) is 12.5 Å². The molecule has 3 atom stereocenters. The molecular weight excluding hydrogens is 192 g/mol. The van der Waals surface area contributed by atoms with Crippen molar-refractivity contribution in [1.82, 2.24) is 0 Å². The second-order valence-electron chi connectivity index (χ2n) is 4.83. The van der Waals surface area contributed by atoms with E-state index in [1.54, 1.807) is 7.11 Å². The van der Waals surface area contributed by atoms with E-state index < -0.39 is 11.4 Å². The number of carbonyl (C=O) groups is 1. The number of aliphatic carboxylic acids is 1. The summed E-state index contributed by atoms with van der Waals surface area (Å²) in [4.78, 5) is 11.4. The minimum absolute atomic E-state index is 0.108. The third-order valence-corrected chi connectivity index (χ3v) is 4.01. The number of hydrogen-bond donors (Lipinski definition) is 1. The van der Waals surface area contributed by atoms with E-state index in [1.807, 2.05) is 6.92 Å². The van der Waals surface area contributed by atoms with Gasteiger partial charge in [0.2, 0.25) is 0 Å². The Hall–Kier alpha value is -0.570. The van der Waals surface area contributed by atoms with Crippen molar-refractivity contribution in [3.8, 4) is 0 Å². The van der Waals surface area contributed by atoms with Crippen LogP contribution in [-0.2, 0) is 9.53 Å². The maximum atomic E-state index is 11.4. The van der Waals surface area contributed by atoms with Crippen molar-refractivity contribution >= 4 is 5.97 Å². The van der Waals surface area contributed by atoms with Crippen molar-refractivity contribution < 1.29 is 14.6 Å². The van der Waals surface area contributed by atoms with Crippen molar-refractivity contribution in [2.24, 2.45) is 17.3 Å². The lowest BCUT2D eigenvalue weighted by Crippen LogP contribution is -2.37. The SMILES string of the molecule is CCC1CCC(C(=O)O)(C(C)COC)C1. The fraction of sp³-hybridized carbons (Fsp3) is 0.917. The number of hydrogen-bond acceptors (Lipinski definition) is 2. The molecular formula is C12H22O3. The Balaban J connectivity index is 2.77. The molecule has 0 aromatic carbocycles. The van der Waals surface area contributed by atoms with E-state index >= 15 is 0 Å². The molecule has 0 heterocycles. The highest BCUT2D eigenvalue weighted by molar-refractivity contribution is 5.75. The first kappa shape index (κ1) is 12.5. The van der Waals surface area contributed by atoms with Crippen LogP contribution in [0, 0.1) is 17.3 Å². The van der Waals surface area contributed by atoms with E-state index in [1.165, 1.54) is 0 Å². The summed E-state index contributed by atoms with van der Waals surface area (Å²) in [5.74, 6) is 0.0555. The summed E-state index contributed by atoms with van der Waals surface area (Å²) in [6, 6.07) is 0. The first-order chi connectivity index (χ1) is 7.06. The number of ether oxygens (including phenoxy) is 1. The van der Waals surface area contributed by atoms with Crippen LogP contribution in [0.1, 0.15) is 39.5 Å². The summed E-state index contributed by atoms with van der Waals surface area (Å²) in [5.41, 5.74) is -0.531. The van der Waals surface area contributed by atoms with Crippen molar-refractivity contribution in [1.29, 1.82) is 0 Å². The number of carboxylic acid groups (broad SMARTS) is 1. The second kappa shape index (κ2) is 4.97. The van der Waals surface area contributed by atoms with Gasteiger partial charge in [0.15, 0.2) is 0 Å². The molecule has 3 heteroatoms. The van der Waals surface area contributed by atoms with Gasteiger partial charge in [-0.15, -0.1) is 0 Å². The van der Waals surface area contributed by atoms with Crippen LogP contribution < -0.4 is 0 Å². The largest absolute Gasteiger partial charge is 0.481 e. The topological polar surface area (TPSA) is 46.5 Å². The first-order valence-corrected chi connectivity index (χ1v) is 5.79. The van der Waals surface area contributed by atoms with Crippen LogP contribution in [0.25, 0.3) is 0 Å². The third kappa shape index (κ3) is 2.33. The quantitative estimate of drug-likeness (QED) is 0.765. The highest BCUT2D eigenvalue weighted by Crippen LogP contribution is 2.48. The summed E-state index contributed by atoms with van der Waals surface area (Å²) in [5, 5.41) is 9.42. The van der Waals surface area contributed by atoms with Crippen LogP contribution in [0.15, 0.2) is 0 Å². The maximum absolute atomic E-state index is 11.4. The Kier molecular flexibility index (Phi) is 4.14. The van der Waals surface area contributed by atoms with Gasteiger partial charge in [0, 0.05) is 13.7 Å². The Morgan fingerprint density at radius 1 is 1.67 bits per heavy atom. The van der Waals surface area contributed by atoms with Crippen molar-refractivity contribution in [3.05, 3.63) is 0 Å². The van der Waals surface area contributed by atoms with E-state index in [4.69, 9.17) is 4.74 Å². The van der Waals surface area contributed by atoms with Gasteiger partial charge in [0.05, 0.1) is 5.41 Å². The van der Waals surface area contributed by atoms with Gasteiger partial charge in [-0.25, -0.2) is 0 Å². The van der Waals surface area contributed by atoms with E-state index in [-0.39, 0.29) is 5.92 Å². The highest BCUT2D eigenvalue weighted by Gasteiger charge is 2.48. The fourth-order valence-corrected chi connectivity index (χ4v) is 2.79. The fourth-order valence-electron chi connectivity index (χ4n) is 2.79. The Bertz CT molecular complexity index is 227. The molecule has 1 fully saturated rings. The second-order valence-corrected chi connectivity index (χ2v) is 4.83. The van der Waals surface area contributed by atoms with Crippen LogP contribution >= 0.6 is 0 Å². The zero-order chi connectivity index (χ0) is 11.5. The monoisotopic (exact) mass is 214 g/mol. The van der Waals surface area contributed by atoms with Crippen LogP contribution in [0.4, 0.5) is 0 Å². The molecule has 1 aliphatic rings. The average molecular weight is 214 g/mol. The van der Waals surface area contributed by atoms with Crippen LogP contribution in [0.2, 0.25) is 0 Å². The Morgan fingerprint density at radius 3 is 2.73 bits per heavy atom. The van der Waals surface area contributed by atoms with Gasteiger partial charge in [0.25, 0.3) is 0 Å². The summed E-state index contributed by atoms with van der Waals surface area (Å²) < 4.78 is 5.10. The molecule has 0 aromatic rings. The molecule has 1 rings (SSSR count). The lowest BCUT2D eigenvalue weighted by atomic mass is 9.74. The number of rotatable bonds is 5. The maximum Gasteiger partial charge on any atom is 0.310 e. The molecule has 0 radical (unpaired) electrons. The van der Waals surface area contributed by atoms with Crippen molar-refractivity contribution in [2.75, 3.05) is 13.7 Å². The van der Waals surface area contributed by atoms with E-state index in [0.717, 1.165) is 25.7 Å². The minimum atomic E-state index is -0.636. The van der Waals surface area contributed by atoms with Crippen LogP contribution in [0.3, 0.4) is 0 Å². The lowest BCUT2D eigenvalue weighted by molar-refractivity contribution is -0.153. The van der Waals surface area contributed by atoms with Crippen LogP contribution in [-0.4, -0.2) is 24.8 Å². The predicted octanol–water partition coefficient (Wildman–Crippen LogP) is 2.55. The molecule has 0 aliphatic heterocycles. The molecule has 15 heavy (non-hydrogen) atoms. The summed E-state index contributed by atoms with van der Waals surface area (Å²) in [7, 11) is 1.64. The van der Waals surface area contributed by atoms with Gasteiger partial charge in [-0.1, -0.05) is 20.3 Å². The summed E-state index contributed by atoms with van der Waals surface area (Å²) in [6.07, 6.45) is 3.78. The molecule has 0 aromatic heterocycles. The van der Waals surface area contributed by atoms with Gasteiger partial charge < -0.3 is 9.84 Å². The number of carboxylic acids is 1. The third-order valence-electron chi connectivity index (χ3n) is 4.01. The zero-order valence-electron chi connectivity index (χ0n) is 9.95. The number of methoxy groups -OCH3 is 1. The van der Waals surface area contributed by atoms with Gasteiger partial charge >= 0.3 is 5.97 Å². The van der Waals surface area contributed by atoms with Gasteiger partial charge in [-0.05, 0) is 31.1 Å². The van der Waals surface area contributed by atoms with Gasteiger partial charge in [-0.2, -0.15) is 0 Å². The molecule has 0 spiro atoms. The Morgan fingerprint density at radius 2 is 2.33 bits per heavy atom. The molecule has 0 saturated heterocycles. The molecule has 3 unspecified atom stereocenters. The van der Waals surface area contributed by atoms with E-state index in [2.05, 4.69) is 6.92 Å². The summed E-state index contributed by atoms with van der Waals surface area (Å²) in [6.45, 7) is 4.68. The molecule has 3 nitrogen and oxygen atoms in total. The Labute approximate surface area is 91.8 Å². The zero-order valence-corrected chi connectivity index (χ0v) is 9.95. The molecule has 1 N–H and O–H groups in total.